The molecule has 0 aliphatic carbocycles. The standard InChI is InChI=1S/C56H47BN2O/c1-55(2,3)39-25-28-41(29-26-39)59-48-31-27-40(56(4,5)6)35-45(48)46-33-38(36-17-9-7-10-18-36)34-50-52(46)57(59)53-49(32-30-44-43-22-14-16-24-51(43)60-54(44)53)58(50)47-23-15-13-21-42(47)37-19-11-8-12-20-37/h7-35H,1-6H3. The zero-order valence-corrected chi connectivity index (χ0v) is 35.1. The molecule has 0 spiro atoms. The number of hydrogen-bond donors (Lipinski definition) is 0. The SMILES string of the molecule is CC(C)(C)c1ccc(N2B3c4c(cc(-c5ccccc5)cc4N(c4ccccc4-c4ccccc4)c4ccc5c(oc6ccccc65)c43)-c3cc(C(C)(C)C)ccc32)cc1. The second kappa shape index (κ2) is 13.4. The highest BCUT2D eigenvalue weighted by atomic mass is 16.3. The molecule has 0 radical (unpaired) electrons. The summed E-state index contributed by atoms with van der Waals surface area (Å²) in [6, 6.07) is 65.1. The highest BCUT2D eigenvalue weighted by Crippen LogP contribution is 2.51. The van der Waals surface area contributed by atoms with Crippen LogP contribution in [0.5, 0.6) is 0 Å². The molecule has 290 valence electrons. The smallest absolute Gasteiger partial charge is 0.336 e. The zero-order valence-electron chi connectivity index (χ0n) is 35.1. The summed E-state index contributed by atoms with van der Waals surface area (Å²) in [5, 5.41) is 2.26. The van der Waals surface area contributed by atoms with Crippen molar-refractivity contribution in [2.45, 2.75) is 52.4 Å². The van der Waals surface area contributed by atoms with Crippen molar-refractivity contribution in [2.75, 3.05) is 9.71 Å². The summed E-state index contributed by atoms with van der Waals surface area (Å²) in [4.78, 5) is 5.14. The molecule has 0 saturated heterocycles. The monoisotopic (exact) mass is 774 g/mol. The summed E-state index contributed by atoms with van der Waals surface area (Å²) in [5.74, 6) is 0. The van der Waals surface area contributed by atoms with Crippen LogP contribution in [0, 0.1) is 0 Å². The van der Waals surface area contributed by atoms with E-state index in [2.05, 4.69) is 227 Å². The molecule has 0 atom stereocenters. The third-order valence-electron chi connectivity index (χ3n) is 12.8. The van der Waals surface area contributed by atoms with E-state index in [0.717, 1.165) is 39.0 Å². The van der Waals surface area contributed by atoms with Crippen LogP contribution < -0.4 is 20.6 Å². The van der Waals surface area contributed by atoms with Gasteiger partial charge in [-0.05, 0) is 110 Å². The molecule has 3 nitrogen and oxygen atoms in total. The highest BCUT2D eigenvalue weighted by Gasteiger charge is 2.47. The zero-order chi connectivity index (χ0) is 40.9. The fourth-order valence-corrected chi connectivity index (χ4v) is 9.69. The van der Waals surface area contributed by atoms with Gasteiger partial charge in [-0.15, -0.1) is 0 Å². The first-order valence-electron chi connectivity index (χ1n) is 21.2. The molecule has 2 aliphatic rings. The van der Waals surface area contributed by atoms with Gasteiger partial charge in [0.2, 0.25) is 0 Å². The summed E-state index contributed by atoms with van der Waals surface area (Å²) >= 11 is 0. The van der Waals surface area contributed by atoms with Crippen molar-refractivity contribution in [3.63, 3.8) is 0 Å². The summed E-state index contributed by atoms with van der Waals surface area (Å²) < 4.78 is 7.10. The Balaban J connectivity index is 1.31. The fraction of sp³-hybridized carbons (Fsp3) is 0.143. The molecule has 4 heteroatoms. The Bertz CT molecular complexity index is 3110. The number of anilines is 5. The maximum Gasteiger partial charge on any atom is 0.336 e. The van der Waals surface area contributed by atoms with E-state index in [1.165, 1.54) is 66.8 Å². The van der Waals surface area contributed by atoms with Crippen molar-refractivity contribution in [2.24, 2.45) is 0 Å². The van der Waals surface area contributed by atoms with E-state index in [1.807, 2.05) is 0 Å². The second-order valence-corrected chi connectivity index (χ2v) is 18.6. The molecule has 1 aromatic heterocycles. The summed E-state index contributed by atoms with van der Waals surface area (Å²) in [5.41, 5.74) is 19.8. The summed E-state index contributed by atoms with van der Waals surface area (Å²) in [6.45, 7) is 13.6. The van der Waals surface area contributed by atoms with Gasteiger partial charge in [-0.3, -0.25) is 0 Å². The third-order valence-corrected chi connectivity index (χ3v) is 12.8. The largest absolute Gasteiger partial charge is 0.456 e. The predicted molar refractivity (Wildman–Crippen MR) is 256 cm³/mol. The van der Waals surface area contributed by atoms with Gasteiger partial charge in [0.1, 0.15) is 11.2 Å². The third kappa shape index (κ3) is 5.65. The minimum atomic E-state index is -0.201. The van der Waals surface area contributed by atoms with E-state index in [0.29, 0.717) is 0 Å². The Morgan fingerprint density at radius 3 is 1.78 bits per heavy atom. The molecule has 0 fully saturated rings. The van der Waals surface area contributed by atoms with Crippen LogP contribution in [-0.2, 0) is 10.8 Å². The quantitative estimate of drug-likeness (QED) is 0.166. The van der Waals surface area contributed by atoms with Crippen LogP contribution in [0.25, 0.3) is 55.3 Å². The van der Waals surface area contributed by atoms with Crippen molar-refractivity contribution in [3.8, 4) is 33.4 Å². The van der Waals surface area contributed by atoms with E-state index in [1.54, 1.807) is 0 Å². The van der Waals surface area contributed by atoms with Gasteiger partial charge < -0.3 is 14.1 Å². The first-order chi connectivity index (χ1) is 29.0. The average Bonchev–Trinajstić information content (AvgIpc) is 3.65. The molecule has 60 heavy (non-hydrogen) atoms. The number of benzene rings is 8. The Hall–Kier alpha value is -6.78. The number of para-hydroxylation sites is 2. The van der Waals surface area contributed by atoms with Crippen LogP contribution in [0.2, 0.25) is 0 Å². The number of nitrogens with zero attached hydrogens (tertiary/aromatic N) is 2. The first kappa shape index (κ1) is 36.3. The van der Waals surface area contributed by atoms with Gasteiger partial charge in [0, 0.05) is 50.1 Å². The predicted octanol–water partition coefficient (Wildman–Crippen LogP) is 14.2. The maximum atomic E-state index is 7.10. The second-order valence-electron chi connectivity index (χ2n) is 18.6. The van der Waals surface area contributed by atoms with Crippen LogP contribution >= 0.6 is 0 Å². The van der Waals surface area contributed by atoms with E-state index >= 15 is 0 Å². The molecule has 9 aromatic rings. The Kier molecular flexibility index (Phi) is 8.09. The number of rotatable bonds is 4. The topological polar surface area (TPSA) is 19.6 Å². The van der Waals surface area contributed by atoms with Gasteiger partial charge in [-0.2, -0.15) is 0 Å². The van der Waals surface area contributed by atoms with Gasteiger partial charge in [0.15, 0.2) is 0 Å². The van der Waals surface area contributed by atoms with Gasteiger partial charge in [-0.25, -0.2) is 0 Å². The molecular weight excluding hydrogens is 727 g/mol. The maximum absolute atomic E-state index is 7.10. The first-order valence-corrected chi connectivity index (χ1v) is 21.2. The lowest BCUT2D eigenvalue weighted by Crippen LogP contribution is -2.61. The minimum absolute atomic E-state index is 0.0259. The molecule has 3 heterocycles. The van der Waals surface area contributed by atoms with Crippen molar-refractivity contribution >= 4 is 68.1 Å². The van der Waals surface area contributed by atoms with Crippen LogP contribution in [0.15, 0.2) is 180 Å². The molecule has 0 bridgehead atoms. The minimum Gasteiger partial charge on any atom is -0.456 e. The highest BCUT2D eigenvalue weighted by molar-refractivity contribution is 6.95. The molecule has 0 unspecified atom stereocenters. The van der Waals surface area contributed by atoms with Gasteiger partial charge >= 0.3 is 6.85 Å². The van der Waals surface area contributed by atoms with Crippen molar-refractivity contribution in [1.29, 1.82) is 0 Å². The van der Waals surface area contributed by atoms with Crippen LogP contribution in [0.3, 0.4) is 0 Å². The molecule has 0 saturated carbocycles. The van der Waals surface area contributed by atoms with Crippen molar-refractivity contribution in [3.05, 3.63) is 187 Å². The molecule has 8 aromatic carbocycles. The number of fused-ring (bicyclic) bond motifs is 8. The normalized spacial score (nSPS) is 13.4. The summed E-state index contributed by atoms with van der Waals surface area (Å²) in [6.07, 6.45) is 0. The van der Waals surface area contributed by atoms with Gasteiger partial charge in [-0.1, -0.05) is 157 Å². The van der Waals surface area contributed by atoms with E-state index in [-0.39, 0.29) is 17.7 Å². The van der Waals surface area contributed by atoms with Crippen molar-refractivity contribution in [1.82, 2.24) is 0 Å². The van der Waals surface area contributed by atoms with Gasteiger partial charge in [0.25, 0.3) is 0 Å². The molecule has 0 amide bonds. The van der Waals surface area contributed by atoms with Crippen molar-refractivity contribution < 1.29 is 4.42 Å². The summed E-state index contributed by atoms with van der Waals surface area (Å²) in [7, 11) is 0. The number of hydrogen-bond acceptors (Lipinski definition) is 3. The molecular formula is C56H47BN2O. The van der Waals surface area contributed by atoms with E-state index in [4.69, 9.17) is 4.42 Å². The molecule has 2 aliphatic heterocycles. The Labute approximate surface area is 353 Å². The van der Waals surface area contributed by atoms with Crippen LogP contribution in [-0.4, -0.2) is 6.85 Å². The van der Waals surface area contributed by atoms with Crippen LogP contribution in [0.4, 0.5) is 28.4 Å². The Morgan fingerprint density at radius 1 is 0.417 bits per heavy atom. The van der Waals surface area contributed by atoms with Gasteiger partial charge in [0.05, 0.1) is 5.69 Å². The average molecular weight is 775 g/mol. The Morgan fingerprint density at radius 2 is 1.05 bits per heavy atom. The lowest BCUT2D eigenvalue weighted by Gasteiger charge is -2.46. The number of furan rings is 1. The van der Waals surface area contributed by atoms with Crippen LogP contribution in [0.1, 0.15) is 52.7 Å². The lowest BCUT2D eigenvalue weighted by molar-refractivity contribution is 0.590. The fourth-order valence-electron chi connectivity index (χ4n) is 9.69. The molecule has 0 N–H and O–H groups in total. The molecule has 11 rings (SSSR count). The lowest BCUT2D eigenvalue weighted by atomic mass is 9.43. The van der Waals surface area contributed by atoms with E-state index < -0.39 is 0 Å². The van der Waals surface area contributed by atoms with E-state index in [9.17, 15) is 0 Å².